The summed E-state index contributed by atoms with van der Waals surface area (Å²) >= 11 is 0. The fourth-order valence-corrected chi connectivity index (χ4v) is 4.89. The van der Waals surface area contributed by atoms with Gasteiger partial charge in [-0.2, -0.15) is 0 Å². The summed E-state index contributed by atoms with van der Waals surface area (Å²) in [5, 5.41) is 11.1. The lowest BCUT2D eigenvalue weighted by Crippen LogP contribution is -2.45. The zero-order valence-corrected chi connectivity index (χ0v) is 20.6. The van der Waals surface area contributed by atoms with Gasteiger partial charge in [-0.3, -0.25) is 4.79 Å². The van der Waals surface area contributed by atoms with Gasteiger partial charge in [0.15, 0.2) is 0 Å². The molecule has 8 heteroatoms. The van der Waals surface area contributed by atoms with E-state index in [0.29, 0.717) is 49.4 Å². The van der Waals surface area contributed by atoms with Crippen LogP contribution in [-0.2, 0) is 12.0 Å². The van der Waals surface area contributed by atoms with E-state index in [0.717, 1.165) is 22.4 Å². The average Bonchev–Trinajstić information content (AvgIpc) is 2.93. The number of nitrogen functional groups attached to an aromatic ring is 1. The van der Waals surface area contributed by atoms with Gasteiger partial charge < -0.3 is 15.7 Å². The first-order chi connectivity index (χ1) is 17.9. The number of halogens is 1. The number of nitrogens with zero attached hydrogens (tertiary/aromatic N) is 4. The molecule has 0 spiro atoms. The van der Waals surface area contributed by atoms with E-state index in [4.69, 9.17) is 5.73 Å². The van der Waals surface area contributed by atoms with E-state index in [2.05, 4.69) is 15.0 Å². The van der Waals surface area contributed by atoms with Gasteiger partial charge in [0.2, 0.25) is 0 Å². The van der Waals surface area contributed by atoms with Crippen LogP contribution in [0.1, 0.15) is 41.4 Å². The van der Waals surface area contributed by atoms with Crippen molar-refractivity contribution in [2.24, 2.45) is 0 Å². The minimum atomic E-state index is -0.988. The molecule has 0 aliphatic carbocycles. The highest BCUT2D eigenvalue weighted by Gasteiger charge is 2.36. The molecule has 1 saturated heterocycles. The van der Waals surface area contributed by atoms with Gasteiger partial charge in [0.05, 0.1) is 22.6 Å². The second-order valence-electron chi connectivity index (χ2n) is 9.25. The Balaban J connectivity index is 1.40. The quantitative estimate of drug-likeness (QED) is 0.417. The van der Waals surface area contributed by atoms with Crippen LogP contribution in [0.25, 0.3) is 22.4 Å². The Morgan fingerprint density at radius 2 is 1.76 bits per heavy atom. The van der Waals surface area contributed by atoms with Gasteiger partial charge in [0.1, 0.15) is 18.0 Å². The average molecular weight is 498 g/mol. The predicted molar refractivity (Wildman–Crippen MR) is 140 cm³/mol. The van der Waals surface area contributed by atoms with E-state index in [1.54, 1.807) is 23.2 Å². The maximum atomic E-state index is 15.4. The number of aryl methyl sites for hydroxylation is 1. The van der Waals surface area contributed by atoms with Gasteiger partial charge in [-0.15, -0.1) is 0 Å². The number of rotatable bonds is 5. The topological polar surface area (TPSA) is 105 Å². The molecule has 1 fully saturated rings. The summed E-state index contributed by atoms with van der Waals surface area (Å²) in [6, 6.07) is 17.5. The smallest absolute Gasteiger partial charge is 0.256 e. The van der Waals surface area contributed by atoms with Crippen LogP contribution < -0.4 is 5.73 Å². The molecule has 2 aromatic heterocycles. The SMILES string of the molecule is CCc1ncnc(-c2ccc(C(=O)N3CCC(O)(c4ccccc4)CC3)c(F)c2)c1-c1ccc(N)nc1. The summed E-state index contributed by atoms with van der Waals surface area (Å²) < 4.78 is 15.4. The minimum Gasteiger partial charge on any atom is -0.385 e. The molecule has 1 amide bonds. The summed E-state index contributed by atoms with van der Waals surface area (Å²) in [6.45, 7) is 2.66. The standard InChI is InChI=1S/C29H28FN5O2/c1-2-24-26(20-9-11-25(31)32-17-20)27(34-18-33-24)19-8-10-22(23(30)16-19)28(36)35-14-12-29(37,13-15-35)21-6-4-3-5-7-21/h3-11,16-18,37H,2,12-15H2,1H3,(H2,31,32). The Morgan fingerprint density at radius 1 is 1.03 bits per heavy atom. The molecule has 4 aromatic rings. The highest BCUT2D eigenvalue weighted by Crippen LogP contribution is 2.35. The normalized spacial score (nSPS) is 14.9. The fraction of sp³-hybridized carbons (Fsp3) is 0.241. The fourth-order valence-electron chi connectivity index (χ4n) is 4.89. The number of hydrogen-bond acceptors (Lipinski definition) is 6. The van der Waals surface area contributed by atoms with Crippen molar-refractivity contribution in [1.82, 2.24) is 19.9 Å². The van der Waals surface area contributed by atoms with Crippen LogP contribution in [0, 0.1) is 5.82 Å². The number of piperidine rings is 1. The van der Waals surface area contributed by atoms with E-state index >= 15 is 4.39 Å². The zero-order valence-electron chi connectivity index (χ0n) is 20.6. The molecule has 0 atom stereocenters. The number of likely N-dealkylation sites (tertiary alicyclic amines) is 1. The van der Waals surface area contributed by atoms with Gasteiger partial charge in [0.25, 0.3) is 5.91 Å². The summed E-state index contributed by atoms with van der Waals surface area (Å²) in [5.74, 6) is -0.613. The molecule has 188 valence electrons. The number of anilines is 1. The maximum absolute atomic E-state index is 15.4. The summed E-state index contributed by atoms with van der Waals surface area (Å²) in [6.07, 6.45) is 4.54. The van der Waals surface area contributed by atoms with E-state index in [-0.39, 0.29) is 11.5 Å². The Hall–Kier alpha value is -4.17. The number of aliphatic hydroxyl groups is 1. The van der Waals surface area contributed by atoms with E-state index in [1.165, 1.54) is 18.5 Å². The lowest BCUT2D eigenvalue weighted by Gasteiger charge is -2.38. The van der Waals surface area contributed by atoms with E-state index in [9.17, 15) is 9.90 Å². The molecule has 5 rings (SSSR count). The molecular formula is C29H28FN5O2. The second kappa shape index (κ2) is 10.1. The molecule has 1 aliphatic heterocycles. The Labute approximate surface area is 214 Å². The van der Waals surface area contributed by atoms with Crippen LogP contribution in [0.2, 0.25) is 0 Å². The van der Waals surface area contributed by atoms with Crippen molar-refractivity contribution >= 4 is 11.7 Å². The minimum absolute atomic E-state index is 0.00521. The largest absolute Gasteiger partial charge is 0.385 e. The molecule has 3 heterocycles. The van der Waals surface area contributed by atoms with Crippen molar-refractivity contribution in [3.63, 3.8) is 0 Å². The van der Waals surface area contributed by atoms with Gasteiger partial charge in [-0.05, 0) is 49.1 Å². The van der Waals surface area contributed by atoms with Crippen molar-refractivity contribution < 1.29 is 14.3 Å². The summed E-state index contributed by atoms with van der Waals surface area (Å²) in [4.78, 5) is 27.8. The van der Waals surface area contributed by atoms with E-state index in [1.807, 2.05) is 43.3 Å². The maximum Gasteiger partial charge on any atom is 0.256 e. The third-order valence-electron chi connectivity index (χ3n) is 7.00. The molecule has 7 nitrogen and oxygen atoms in total. The highest BCUT2D eigenvalue weighted by atomic mass is 19.1. The first-order valence-corrected chi connectivity index (χ1v) is 12.3. The van der Waals surface area contributed by atoms with Crippen molar-refractivity contribution in [2.75, 3.05) is 18.8 Å². The third-order valence-corrected chi connectivity index (χ3v) is 7.00. The molecule has 3 N–H and O–H groups in total. The van der Waals surface area contributed by atoms with Crippen molar-refractivity contribution in [2.45, 2.75) is 31.8 Å². The number of hydrogen-bond donors (Lipinski definition) is 2. The van der Waals surface area contributed by atoms with Gasteiger partial charge in [-0.1, -0.05) is 43.3 Å². The number of carbonyl (C=O) groups excluding carboxylic acids is 1. The molecule has 0 saturated carbocycles. The predicted octanol–water partition coefficient (Wildman–Crippen LogP) is 4.61. The van der Waals surface area contributed by atoms with Gasteiger partial charge in [-0.25, -0.2) is 19.3 Å². The first-order valence-electron chi connectivity index (χ1n) is 12.3. The lowest BCUT2D eigenvalue weighted by molar-refractivity contribution is -0.0212. The number of carbonyl (C=O) groups is 1. The molecule has 37 heavy (non-hydrogen) atoms. The molecule has 2 aromatic carbocycles. The summed E-state index contributed by atoms with van der Waals surface area (Å²) in [5.41, 5.74) is 9.03. The monoisotopic (exact) mass is 497 g/mol. The van der Waals surface area contributed by atoms with Gasteiger partial charge >= 0.3 is 0 Å². The van der Waals surface area contributed by atoms with Crippen LogP contribution in [-0.4, -0.2) is 44.0 Å². The molecular weight excluding hydrogens is 469 g/mol. The van der Waals surface area contributed by atoms with Crippen LogP contribution in [0.15, 0.2) is 73.2 Å². The molecule has 0 unspecified atom stereocenters. The first kappa shape index (κ1) is 24.5. The van der Waals surface area contributed by atoms with Crippen LogP contribution in [0.3, 0.4) is 0 Å². The summed E-state index contributed by atoms with van der Waals surface area (Å²) in [7, 11) is 0. The zero-order chi connectivity index (χ0) is 26.0. The molecule has 0 radical (unpaired) electrons. The van der Waals surface area contributed by atoms with Crippen LogP contribution >= 0.6 is 0 Å². The number of benzene rings is 2. The Morgan fingerprint density at radius 3 is 2.41 bits per heavy atom. The number of pyridine rings is 1. The molecule has 0 bridgehead atoms. The van der Waals surface area contributed by atoms with Crippen LogP contribution in [0.5, 0.6) is 0 Å². The number of amides is 1. The molecule has 1 aliphatic rings. The Bertz CT molecular complexity index is 1420. The Kier molecular flexibility index (Phi) is 6.67. The number of aromatic nitrogens is 3. The van der Waals surface area contributed by atoms with Crippen molar-refractivity contribution in [3.8, 4) is 22.4 Å². The van der Waals surface area contributed by atoms with Crippen molar-refractivity contribution in [1.29, 1.82) is 0 Å². The van der Waals surface area contributed by atoms with Gasteiger partial charge in [0, 0.05) is 36.0 Å². The number of nitrogens with two attached hydrogens (primary N) is 1. The third kappa shape index (κ3) is 4.80. The highest BCUT2D eigenvalue weighted by molar-refractivity contribution is 5.95. The lowest BCUT2D eigenvalue weighted by atomic mass is 9.84. The van der Waals surface area contributed by atoms with Crippen LogP contribution in [0.4, 0.5) is 10.2 Å². The van der Waals surface area contributed by atoms with E-state index < -0.39 is 11.4 Å². The van der Waals surface area contributed by atoms with Crippen molar-refractivity contribution in [3.05, 3.63) is 95.8 Å². The second-order valence-corrected chi connectivity index (χ2v) is 9.25.